The molecule has 4 aromatic rings. The Morgan fingerprint density at radius 2 is 1.91 bits per heavy atom. The molecule has 0 radical (unpaired) electrons. The fraction of sp³-hybridized carbons (Fsp3) is 0.343. The van der Waals surface area contributed by atoms with Gasteiger partial charge in [-0.15, -0.1) is 0 Å². The standard InChI is InChI=1S/C35H33FN4O7/c1-4-28(41)37-19-8-6-18(7-9-19)15-47-34(44)39-25-11-10-20-17(3)24(36)13-26-29(20)30(25)21-14-40-27(31(21)38-26)12-23-22(32(40)42)16-46-33(43)35(23,45)5-2/h6-9,12-13,25,45H,4-5,10-11,14-16H2,1-3H3,(H,37,41)(H,39,44)/t25?,35-/m0/s1. The average molecular weight is 641 g/mol. The largest absolute Gasteiger partial charge is 0.458 e. The first kappa shape index (κ1) is 30.5. The van der Waals surface area contributed by atoms with Crippen molar-refractivity contribution in [3.05, 3.63) is 91.5 Å². The van der Waals surface area contributed by atoms with E-state index >= 15 is 4.39 Å². The SMILES string of the molecule is CCC(=O)Nc1ccc(COC(=O)NC2CCc3c(C)c(F)cc4nc5c(c2c34)Cn2c-5cc3c(c2=O)COC(=O)[C@]3(O)CC)cc1. The number of alkyl carbamates (subject to hydrolysis) is 1. The molecular formula is C35H33FN4O7. The lowest BCUT2D eigenvalue weighted by Crippen LogP contribution is -2.44. The fourth-order valence-electron chi connectivity index (χ4n) is 6.97. The van der Waals surface area contributed by atoms with Crippen LogP contribution >= 0.6 is 0 Å². The van der Waals surface area contributed by atoms with E-state index in [1.807, 2.05) is 0 Å². The molecule has 3 N–H and O–H groups in total. The van der Waals surface area contributed by atoms with Crippen LogP contribution in [0.25, 0.3) is 22.3 Å². The van der Waals surface area contributed by atoms with Crippen LogP contribution in [-0.4, -0.2) is 32.6 Å². The van der Waals surface area contributed by atoms with Gasteiger partial charge in [0.1, 0.15) is 19.0 Å². The Morgan fingerprint density at radius 3 is 2.64 bits per heavy atom. The molecule has 2 atom stereocenters. The molecule has 2 aliphatic heterocycles. The number of carbonyl (C=O) groups excluding carboxylic acids is 3. The summed E-state index contributed by atoms with van der Waals surface area (Å²) in [4.78, 5) is 56.1. The van der Waals surface area contributed by atoms with Crippen LogP contribution in [0.3, 0.4) is 0 Å². The molecule has 0 saturated carbocycles. The number of rotatable bonds is 6. The molecule has 0 bridgehead atoms. The third-order valence-electron chi connectivity index (χ3n) is 9.60. The number of aliphatic hydroxyl groups is 1. The minimum Gasteiger partial charge on any atom is -0.458 e. The van der Waals surface area contributed by atoms with Crippen LogP contribution in [0.5, 0.6) is 0 Å². The first-order valence-corrected chi connectivity index (χ1v) is 15.7. The lowest BCUT2D eigenvalue weighted by atomic mass is 9.81. The summed E-state index contributed by atoms with van der Waals surface area (Å²) in [6.45, 7) is 5.00. The Labute approximate surface area is 268 Å². The van der Waals surface area contributed by atoms with Crippen LogP contribution in [0.2, 0.25) is 0 Å². The van der Waals surface area contributed by atoms with Crippen molar-refractivity contribution in [1.29, 1.82) is 0 Å². The zero-order valence-corrected chi connectivity index (χ0v) is 26.2. The third kappa shape index (κ3) is 4.86. The monoisotopic (exact) mass is 640 g/mol. The number of hydrogen-bond donors (Lipinski definition) is 3. The Bertz CT molecular complexity index is 2070. The number of benzene rings is 2. The summed E-state index contributed by atoms with van der Waals surface area (Å²) >= 11 is 0. The molecule has 2 aromatic heterocycles. The predicted octanol–water partition coefficient (Wildman–Crippen LogP) is 4.79. The van der Waals surface area contributed by atoms with Crippen molar-refractivity contribution >= 4 is 34.6 Å². The number of nitrogens with zero attached hydrogens (tertiary/aromatic N) is 2. The number of aromatic nitrogens is 2. The first-order chi connectivity index (χ1) is 22.5. The third-order valence-corrected chi connectivity index (χ3v) is 9.60. The van der Waals surface area contributed by atoms with Gasteiger partial charge in [0.2, 0.25) is 5.91 Å². The summed E-state index contributed by atoms with van der Waals surface area (Å²) in [5, 5.41) is 17.8. The molecular weight excluding hydrogens is 607 g/mol. The molecule has 7 rings (SSSR count). The number of nitrogens with one attached hydrogen (secondary N) is 2. The summed E-state index contributed by atoms with van der Waals surface area (Å²) in [6, 6.07) is 9.45. The number of fused-ring (bicyclic) bond motifs is 5. The molecule has 47 heavy (non-hydrogen) atoms. The minimum absolute atomic E-state index is 0.00115. The lowest BCUT2D eigenvalue weighted by Gasteiger charge is -2.31. The predicted molar refractivity (Wildman–Crippen MR) is 169 cm³/mol. The maximum atomic E-state index is 15.2. The molecule has 0 spiro atoms. The average Bonchev–Trinajstić information content (AvgIpc) is 3.44. The quantitative estimate of drug-likeness (QED) is 0.225. The molecule has 2 aromatic carbocycles. The highest BCUT2D eigenvalue weighted by Gasteiger charge is 2.46. The topological polar surface area (TPSA) is 149 Å². The van der Waals surface area contributed by atoms with Gasteiger partial charge in [0.05, 0.1) is 35.1 Å². The van der Waals surface area contributed by atoms with Gasteiger partial charge in [-0.2, -0.15) is 0 Å². The second-order valence-electron chi connectivity index (χ2n) is 12.2. The zero-order chi connectivity index (χ0) is 33.2. The Kier molecular flexibility index (Phi) is 7.35. The van der Waals surface area contributed by atoms with E-state index in [9.17, 15) is 24.3 Å². The number of amides is 2. The zero-order valence-electron chi connectivity index (χ0n) is 26.2. The Morgan fingerprint density at radius 1 is 1.15 bits per heavy atom. The van der Waals surface area contributed by atoms with Crippen LogP contribution in [0.1, 0.15) is 78.1 Å². The first-order valence-electron chi connectivity index (χ1n) is 15.7. The molecule has 3 aliphatic rings. The number of pyridine rings is 2. The normalized spacial score (nSPS) is 19.0. The van der Waals surface area contributed by atoms with E-state index in [1.54, 1.807) is 51.1 Å². The van der Waals surface area contributed by atoms with Crippen LogP contribution in [0.4, 0.5) is 14.9 Å². The molecule has 12 heteroatoms. The molecule has 1 aliphatic carbocycles. The van der Waals surface area contributed by atoms with Gasteiger partial charge in [-0.05, 0) is 66.6 Å². The number of halogens is 1. The van der Waals surface area contributed by atoms with Gasteiger partial charge in [-0.3, -0.25) is 9.59 Å². The van der Waals surface area contributed by atoms with E-state index in [1.165, 1.54) is 10.6 Å². The minimum atomic E-state index is -1.98. The van der Waals surface area contributed by atoms with E-state index in [2.05, 4.69) is 10.6 Å². The maximum Gasteiger partial charge on any atom is 0.407 e. The second kappa shape index (κ2) is 11.3. The van der Waals surface area contributed by atoms with Crippen molar-refractivity contribution in [2.24, 2.45) is 0 Å². The van der Waals surface area contributed by atoms with Gasteiger partial charge in [0.15, 0.2) is 5.60 Å². The van der Waals surface area contributed by atoms with Gasteiger partial charge in [0, 0.05) is 34.7 Å². The summed E-state index contributed by atoms with van der Waals surface area (Å²) < 4.78 is 27.5. The number of cyclic esters (lactones) is 1. The number of aryl methyl sites for hydroxylation is 1. The highest BCUT2D eigenvalue weighted by molar-refractivity contribution is 5.94. The van der Waals surface area contributed by atoms with E-state index in [-0.39, 0.29) is 43.2 Å². The van der Waals surface area contributed by atoms with Crippen molar-refractivity contribution in [3.8, 4) is 11.4 Å². The van der Waals surface area contributed by atoms with Gasteiger partial charge in [-0.1, -0.05) is 26.0 Å². The molecule has 2 amide bonds. The highest BCUT2D eigenvalue weighted by Crippen LogP contribution is 2.46. The summed E-state index contributed by atoms with van der Waals surface area (Å²) in [6.07, 6.45) is 0.677. The van der Waals surface area contributed by atoms with Gasteiger partial charge < -0.3 is 29.8 Å². The molecule has 11 nitrogen and oxygen atoms in total. The second-order valence-corrected chi connectivity index (χ2v) is 12.2. The van der Waals surface area contributed by atoms with Crippen LogP contribution in [-0.2, 0) is 50.8 Å². The van der Waals surface area contributed by atoms with Gasteiger partial charge in [0.25, 0.3) is 5.56 Å². The van der Waals surface area contributed by atoms with E-state index in [4.69, 9.17) is 14.5 Å². The number of ether oxygens (including phenoxy) is 2. The lowest BCUT2D eigenvalue weighted by molar-refractivity contribution is -0.172. The van der Waals surface area contributed by atoms with Crippen molar-refractivity contribution in [2.75, 3.05) is 5.32 Å². The van der Waals surface area contributed by atoms with Gasteiger partial charge in [-0.25, -0.2) is 19.0 Å². The number of esters is 1. The van der Waals surface area contributed by atoms with Crippen molar-refractivity contribution < 1.29 is 33.4 Å². The molecule has 0 fully saturated rings. The Hall–Kier alpha value is -5.10. The van der Waals surface area contributed by atoms with Crippen molar-refractivity contribution in [3.63, 3.8) is 0 Å². The molecule has 0 saturated heterocycles. The fourth-order valence-corrected chi connectivity index (χ4v) is 6.97. The highest BCUT2D eigenvalue weighted by atomic mass is 19.1. The Balaban J connectivity index is 1.25. The smallest absolute Gasteiger partial charge is 0.407 e. The summed E-state index contributed by atoms with van der Waals surface area (Å²) in [5.74, 6) is -1.32. The summed E-state index contributed by atoms with van der Waals surface area (Å²) in [5.41, 5.74) is 3.33. The van der Waals surface area contributed by atoms with Crippen LogP contribution < -0.4 is 16.2 Å². The maximum absolute atomic E-state index is 15.2. The van der Waals surface area contributed by atoms with Gasteiger partial charge >= 0.3 is 12.1 Å². The summed E-state index contributed by atoms with van der Waals surface area (Å²) in [7, 11) is 0. The molecule has 242 valence electrons. The van der Waals surface area contributed by atoms with Crippen LogP contribution in [0, 0.1) is 12.7 Å². The van der Waals surface area contributed by atoms with E-state index < -0.39 is 35.1 Å². The molecule has 1 unspecified atom stereocenters. The molecule has 4 heterocycles. The van der Waals surface area contributed by atoms with E-state index in [0.717, 1.165) is 22.1 Å². The number of hydrogen-bond acceptors (Lipinski definition) is 8. The van der Waals surface area contributed by atoms with Crippen molar-refractivity contribution in [2.45, 2.75) is 77.9 Å². The number of anilines is 1. The number of carbonyl (C=O) groups is 3. The van der Waals surface area contributed by atoms with Crippen molar-refractivity contribution in [1.82, 2.24) is 14.9 Å². The van der Waals surface area contributed by atoms with Crippen LogP contribution in [0.15, 0.2) is 41.2 Å². The van der Waals surface area contributed by atoms with E-state index in [0.29, 0.717) is 53.0 Å².